The minimum atomic E-state index is -1.59. The maximum atomic E-state index is 12.5. The largest absolute Gasteiger partial charge is 0.462 e. The molecule has 1 aliphatic heterocycles. The molecule has 0 aromatic carbocycles. The number of amides is 1. The van der Waals surface area contributed by atoms with E-state index < -0.39 is 48.7 Å². The smallest absolute Gasteiger partial charge is 0.306 e. The Bertz CT molecular complexity index is 767. The van der Waals surface area contributed by atoms with E-state index in [2.05, 4.69) is 26.1 Å². The number of rotatable bonds is 26. The van der Waals surface area contributed by atoms with Crippen LogP contribution in [0.4, 0.5) is 0 Å². The van der Waals surface area contributed by atoms with E-state index in [1.807, 2.05) is 0 Å². The number of aliphatic hydroxyl groups is 3. The van der Waals surface area contributed by atoms with Crippen LogP contribution in [0.3, 0.4) is 0 Å². The molecule has 0 aliphatic carbocycles. The predicted molar refractivity (Wildman–Crippen MR) is 167 cm³/mol. The minimum absolute atomic E-state index is 0.0785. The van der Waals surface area contributed by atoms with Gasteiger partial charge in [0.15, 0.2) is 12.4 Å². The molecule has 0 spiro atoms. The molecule has 11 heteroatoms. The van der Waals surface area contributed by atoms with Gasteiger partial charge in [-0.15, -0.1) is 0 Å². The van der Waals surface area contributed by atoms with Gasteiger partial charge < -0.3 is 39.6 Å². The molecule has 0 unspecified atom stereocenters. The Labute approximate surface area is 264 Å². The lowest BCUT2D eigenvalue weighted by atomic mass is 9.98. The molecular weight excluding hydrogens is 570 g/mol. The lowest BCUT2D eigenvalue weighted by molar-refractivity contribution is -0.299. The molecule has 0 aromatic rings. The van der Waals surface area contributed by atoms with Crippen LogP contribution in [0.2, 0.25) is 0 Å². The van der Waals surface area contributed by atoms with E-state index in [0.29, 0.717) is 12.8 Å². The SMILES string of the molecule is CCCCCCCC(=O)NC[C@H]1O[C@H](OC[C@H](COC(=O)CCCCCCC)OC(=O)CCCCCCC)[C@H](O)[C@@H](O)[C@@H]1O. The molecule has 11 nitrogen and oxygen atoms in total. The van der Waals surface area contributed by atoms with Gasteiger partial charge in [-0.2, -0.15) is 0 Å². The number of carbonyl (C=O) groups is 3. The van der Waals surface area contributed by atoms with Crippen LogP contribution in [0.15, 0.2) is 0 Å². The van der Waals surface area contributed by atoms with Gasteiger partial charge in [-0.3, -0.25) is 14.4 Å². The molecule has 1 amide bonds. The summed E-state index contributed by atoms with van der Waals surface area (Å²) in [4.78, 5) is 37.1. The first-order valence-electron chi connectivity index (χ1n) is 17.2. The number of aliphatic hydroxyl groups excluding tert-OH is 3. The Balaban J connectivity index is 2.67. The van der Waals surface area contributed by atoms with Crippen molar-refractivity contribution in [3.05, 3.63) is 0 Å². The van der Waals surface area contributed by atoms with Gasteiger partial charge in [-0.25, -0.2) is 0 Å². The van der Waals surface area contributed by atoms with Gasteiger partial charge in [0, 0.05) is 25.8 Å². The van der Waals surface area contributed by atoms with Crippen LogP contribution in [0.5, 0.6) is 0 Å². The van der Waals surface area contributed by atoms with Gasteiger partial charge in [0.2, 0.25) is 5.91 Å². The summed E-state index contributed by atoms with van der Waals surface area (Å²) in [5.41, 5.74) is 0. The summed E-state index contributed by atoms with van der Waals surface area (Å²) in [5, 5.41) is 34.1. The number of nitrogens with one attached hydrogen (secondary N) is 1. The van der Waals surface area contributed by atoms with E-state index in [9.17, 15) is 29.7 Å². The van der Waals surface area contributed by atoms with Crippen LogP contribution in [0.25, 0.3) is 0 Å². The molecule has 0 radical (unpaired) electrons. The van der Waals surface area contributed by atoms with E-state index in [1.165, 1.54) is 0 Å². The van der Waals surface area contributed by atoms with E-state index in [0.717, 1.165) is 89.9 Å². The van der Waals surface area contributed by atoms with Crippen molar-refractivity contribution in [2.24, 2.45) is 0 Å². The maximum Gasteiger partial charge on any atom is 0.306 e. The normalized spacial score (nSPS) is 22.4. The molecule has 44 heavy (non-hydrogen) atoms. The van der Waals surface area contributed by atoms with Crippen molar-refractivity contribution >= 4 is 17.8 Å². The van der Waals surface area contributed by atoms with Crippen molar-refractivity contribution in [1.29, 1.82) is 0 Å². The highest BCUT2D eigenvalue weighted by molar-refractivity contribution is 5.75. The molecule has 1 saturated heterocycles. The Morgan fingerprint density at radius 1 is 0.659 bits per heavy atom. The highest BCUT2D eigenvalue weighted by Crippen LogP contribution is 2.22. The van der Waals surface area contributed by atoms with E-state index in [-0.39, 0.29) is 38.5 Å². The van der Waals surface area contributed by atoms with Gasteiger partial charge in [0.05, 0.1) is 6.61 Å². The number of carbonyl (C=O) groups excluding carboxylic acids is 3. The highest BCUT2D eigenvalue weighted by Gasteiger charge is 2.44. The number of esters is 2. The Hall–Kier alpha value is -1.79. The quantitative estimate of drug-likeness (QED) is 0.0792. The van der Waals surface area contributed by atoms with Crippen molar-refractivity contribution in [2.75, 3.05) is 19.8 Å². The fourth-order valence-corrected chi connectivity index (χ4v) is 4.98. The number of unbranched alkanes of at least 4 members (excludes halogenated alkanes) is 12. The van der Waals surface area contributed by atoms with Crippen molar-refractivity contribution < 1.29 is 48.7 Å². The first-order valence-corrected chi connectivity index (χ1v) is 17.2. The van der Waals surface area contributed by atoms with Gasteiger partial charge in [-0.05, 0) is 19.3 Å². The second-order valence-electron chi connectivity index (χ2n) is 11.9. The van der Waals surface area contributed by atoms with Crippen LogP contribution >= 0.6 is 0 Å². The number of ether oxygens (including phenoxy) is 4. The first kappa shape index (κ1) is 40.2. The van der Waals surface area contributed by atoms with Crippen molar-refractivity contribution in [2.45, 2.75) is 173 Å². The van der Waals surface area contributed by atoms with Crippen LogP contribution in [0.1, 0.15) is 136 Å². The molecular formula is C33H61NO10. The van der Waals surface area contributed by atoms with Crippen molar-refractivity contribution in [3.8, 4) is 0 Å². The zero-order chi connectivity index (χ0) is 32.6. The van der Waals surface area contributed by atoms with Gasteiger partial charge >= 0.3 is 11.9 Å². The molecule has 1 aliphatic rings. The lowest BCUT2D eigenvalue weighted by Gasteiger charge is -2.40. The van der Waals surface area contributed by atoms with Crippen LogP contribution in [0, 0.1) is 0 Å². The summed E-state index contributed by atoms with van der Waals surface area (Å²) in [6.07, 6.45) is 7.70. The molecule has 0 aromatic heterocycles. The molecule has 258 valence electrons. The van der Waals surface area contributed by atoms with E-state index in [4.69, 9.17) is 18.9 Å². The Morgan fingerprint density at radius 2 is 1.18 bits per heavy atom. The fraction of sp³-hybridized carbons (Fsp3) is 0.909. The minimum Gasteiger partial charge on any atom is -0.462 e. The molecule has 1 fully saturated rings. The van der Waals surface area contributed by atoms with Gasteiger partial charge in [0.25, 0.3) is 0 Å². The zero-order valence-electron chi connectivity index (χ0n) is 27.5. The summed E-state index contributed by atoms with van der Waals surface area (Å²) in [6.45, 7) is 5.80. The zero-order valence-corrected chi connectivity index (χ0v) is 27.5. The van der Waals surface area contributed by atoms with Crippen LogP contribution < -0.4 is 5.32 Å². The third-order valence-corrected chi connectivity index (χ3v) is 7.82. The van der Waals surface area contributed by atoms with Crippen molar-refractivity contribution in [1.82, 2.24) is 5.32 Å². The number of hydrogen-bond donors (Lipinski definition) is 4. The third kappa shape index (κ3) is 18.2. The molecule has 0 saturated carbocycles. The Morgan fingerprint density at radius 3 is 1.75 bits per heavy atom. The van der Waals surface area contributed by atoms with Crippen LogP contribution in [-0.4, -0.2) is 89.7 Å². The summed E-state index contributed by atoms with van der Waals surface area (Å²) < 4.78 is 22.4. The van der Waals surface area contributed by atoms with Gasteiger partial charge in [0.1, 0.15) is 31.0 Å². The van der Waals surface area contributed by atoms with Gasteiger partial charge in [-0.1, -0.05) is 97.8 Å². The second-order valence-corrected chi connectivity index (χ2v) is 11.9. The van der Waals surface area contributed by atoms with E-state index >= 15 is 0 Å². The standard InChI is InChI=1S/C33H61NO10/c1-4-7-10-13-16-19-27(35)34-22-26-30(38)31(39)32(40)33(44-26)42-24-25(43-29(37)21-18-15-12-9-6-3)23-41-28(36)20-17-14-11-8-5-2/h25-26,30-33,38-40H,4-24H2,1-3H3,(H,34,35)/t25-,26+,30+,31-,32+,33-/m0/s1. The molecule has 1 heterocycles. The predicted octanol–water partition coefficient (Wildman–Crippen LogP) is 4.46. The third-order valence-electron chi connectivity index (χ3n) is 7.82. The monoisotopic (exact) mass is 631 g/mol. The van der Waals surface area contributed by atoms with Crippen molar-refractivity contribution in [3.63, 3.8) is 0 Å². The molecule has 4 N–H and O–H groups in total. The first-order chi connectivity index (χ1) is 21.2. The van der Waals surface area contributed by atoms with E-state index in [1.54, 1.807) is 0 Å². The lowest BCUT2D eigenvalue weighted by Crippen LogP contribution is -2.60. The summed E-state index contributed by atoms with van der Waals surface area (Å²) in [6, 6.07) is 0. The summed E-state index contributed by atoms with van der Waals surface area (Å²) in [5.74, 6) is -1.03. The molecule has 0 bridgehead atoms. The maximum absolute atomic E-state index is 12.5. The Kier molecular flexibility index (Phi) is 23.2. The average molecular weight is 632 g/mol. The number of hydrogen-bond acceptors (Lipinski definition) is 10. The molecule has 1 rings (SSSR count). The highest BCUT2D eigenvalue weighted by atomic mass is 16.7. The summed E-state index contributed by atoms with van der Waals surface area (Å²) in [7, 11) is 0. The average Bonchev–Trinajstić information content (AvgIpc) is 3.01. The van der Waals surface area contributed by atoms with Crippen LogP contribution in [-0.2, 0) is 33.3 Å². The summed E-state index contributed by atoms with van der Waals surface area (Å²) >= 11 is 0. The topological polar surface area (TPSA) is 161 Å². The second kappa shape index (κ2) is 25.4. The molecule has 6 atom stereocenters. The fourth-order valence-electron chi connectivity index (χ4n) is 4.98.